The molecule has 2 aliphatic rings. The van der Waals surface area contributed by atoms with Crippen LogP contribution in [0.5, 0.6) is 5.75 Å². The fourth-order valence-electron chi connectivity index (χ4n) is 3.87. The molecule has 0 radical (unpaired) electrons. The van der Waals surface area contributed by atoms with E-state index in [9.17, 15) is 19.8 Å². The molecule has 0 unspecified atom stereocenters. The summed E-state index contributed by atoms with van der Waals surface area (Å²) in [5.41, 5.74) is 0.770. The van der Waals surface area contributed by atoms with E-state index in [1.54, 1.807) is 18.2 Å². The number of cyclic esters (lactones) is 1. The number of rotatable bonds is 5. The molecule has 7 nitrogen and oxygen atoms in total. The van der Waals surface area contributed by atoms with Crippen molar-refractivity contribution in [3.8, 4) is 5.75 Å². The van der Waals surface area contributed by atoms with E-state index in [1.807, 2.05) is 0 Å². The average Bonchev–Trinajstić information content (AvgIpc) is 2.68. The summed E-state index contributed by atoms with van der Waals surface area (Å²) >= 11 is 0. The van der Waals surface area contributed by atoms with E-state index in [4.69, 9.17) is 9.47 Å². The third-order valence-corrected chi connectivity index (χ3v) is 5.16. The summed E-state index contributed by atoms with van der Waals surface area (Å²) in [6, 6.07) is 4.89. The SMILES string of the molecule is C=C/C=C\C(=O)N/C=C/C[C@H]1C[C@H]2C[C@H](O)C[C@H](Cc3cccc(O)c3C(=O)O1)O2. The van der Waals surface area contributed by atoms with Gasteiger partial charge in [0.1, 0.15) is 17.4 Å². The maximum atomic E-state index is 12.8. The van der Waals surface area contributed by atoms with Crippen LogP contribution in [0.2, 0.25) is 0 Å². The second-order valence-corrected chi connectivity index (χ2v) is 7.53. The Morgan fingerprint density at radius 2 is 2.07 bits per heavy atom. The van der Waals surface area contributed by atoms with Gasteiger partial charge in [0.25, 0.3) is 0 Å². The first-order valence-corrected chi connectivity index (χ1v) is 10.1. The molecule has 2 bridgehead atoms. The molecule has 1 saturated heterocycles. The van der Waals surface area contributed by atoms with Crippen LogP contribution in [0.3, 0.4) is 0 Å². The highest BCUT2D eigenvalue weighted by atomic mass is 16.5. The van der Waals surface area contributed by atoms with Crippen LogP contribution >= 0.6 is 0 Å². The molecule has 160 valence electrons. The van der Waals surface area contributed by atoms with E-state index in [1.165, 1.54) is 30.5 Å². The van der Waals surface area contributed by atoms with Gasteiger partial charge >= 0.3 is 5.97 Å². The zero-order valence-corrected chi connectivity index (χ0v) is 16.7. The Morgan fingerprint density at radius 1 is 1.27 bits per heavy atom. The molecule has 1 aromatic carbocycles. The number of amides is 1. The van der Waals surface area contributed by atoms with Crippen molar-refractivity contribution in [1.82, 2.24) is 5.32 Å². The van der Waals surface area contributed by atoms with Crippen molar-refractivity contribution in [3.63, 3.8) is 0 Å². The number of nitrogens with one attached hydrogen (secondary N) is 1. The van der Waals surface area contributed by atoms with Crippen molar-refractivity contribution in [2.24, 2.45) is 0 Å². The van der Waals surface area contributed by atoms with Crippen molar-refractivity contribution in [3.05, 3.63) is 66.4 Å². The number of ether oxygens (including phenoxy) is 2. The number of carbonyl (C=O) groups excluding carboxylic acids is 2. The number of hydrogen-bond acceptors (Lipinski definition) is 6. The summed E-state index contributed by atoms with van der Waals surface area (Å²) in [5, 5.41) is 23.1. The minimum Gasteiger partial charge on any atom is -0.507 e. The predicted octanol–water partition coefficient (Wildman–Crippen LogP) is 2.53. The molecule has 1 amide bonds. The second kappa shape index (κ2) is 10.2. The molecule has 3 rings (SSSR count). The number of allylic oxidation sites excluding steroid dienone is 2. The number of aliphatic hydroxyl groups is 1. The topological polar surface area (TPSA) is 105 Å². The number of esters is 1. The highest BCUT2D eigenvalue weighted by Gasteiger charge is 2.34. The fraction of sp³-hybridized carbons (Fsp3) is 0.391. The van der Waals surface area contributed by atoms with E-state index in [2.05, 4.69) is 11.9 Å². The molecule has 4 atom stereocenters. The summed E-state index contributed by atoms with van der Waals surface area (Å²) in [6.45, 7) is 3.50. The molecule has 1 aromatic rings. The predicted molar refractivity (Wildman–Crippen MR) is 111 cm³/mol. The summed E-state index contributed by atoms with van der Waals surface area (Å²) < 4.78 is 11.8. The third-order valence-electron chi connectivity index (χ3n) is 5.16. The Morgan fingerprint density at radius 3 is 2.87 bits per heavy atom. The number of fused-ring (bicyclic) bond motifs is 3. The number of aromatic hydroxyl groups is 1. The Kier molecular flexibility index (Phi) is 7.43. The lowest BCUT2D eigenvalue weighted by atomic mass is 9.91. The molecule has 0 aliphatic carbocycles. The number of benzene rings is 1. The summed E-state index contributed by atoms with van der Waals surface area (Å²) in [4.78, 5) is 24.4. The molecule has 0 aromatic heterocycles. The van der Waals surface area contributed by atoms with Gasteiger partial charge in [-0.15, -0.1) is 0 Å². The van der Waals surface area contributed by atoms with Crippen LogP contribution in [0.25, 0.3) is 0 Å². The van der Waals surface area contributed by atoms with Gasteiger partial charge in [0.15, 0.2) is 0 Å². The highest BCUT2D eigenvalue weighted by molar-refractivity contribution is 5.94. The smallest absolute Gasteiger partial charge is 0.342 e. The van der Waals surface area contributed by atoms with Gasteiger partial charge in [0.05, 0.1) is 18.3 Å². The Labute approximate surface area is 175 Å². The minimum atomic E-state index is -0.583. The lowest BCUT2D eigenvalue weighted by molar-refractivity contribution is -0.115. The van der Waals surface area contributed by atoms with Crippen LogP contribution in [0.4, 0.5) is 0 Å². The molecule has 0 saturated carbocycles. The molecular formula is C23H27NO6. The van der Waals surface area contributed by atoms with Gasteiger partial charge in [0, 0.05) is 25.1 Å². The zero-order chi connectivity index (χ0) is 21.5. The van der Waals surface area contributed by atoms with Crippen molar-refractivity contribution >= 4 is 11.9 Å². The highest BCUT2D eigenvalue weighted by Crippen LogP contribution is 2.32. The first-order chi connectivity index (χ1) is 14.5. The number of phenols is 1. The number of phenolic OH excluding ortho intramolecular Hbond substituents is 1. The van der Waals surface area contributed by atoms with Crippen LogP contribution in [0.15, 0.2) is 55.3 Å². The van der Waals surface area contributed by atoms with E-state index in [0.717, 1.165) is 0 Å². The van der Waals surface area contributed by atoms with Crippen molar-refractivity contribution in [2.45, 2.75) is 56.5 Å². The van der Waals surface area contributed by atoms with Gasteiger partial charge in [-0.2, -0.15) is 0 Å². The van der Waals surface area contributed by atoms with Crippen LogP contribution in [-0.4, -0.2) is 46.5 Å². The summed E-state index contributed by atoms with van der Waals surface area (Å²) in [6.07, 6.45) is 8.20. The normalized spacial score (nSPS) is 26.8. The van der Waals surface area contributed by atoms with Crippen molar-refractivity contribution in [1.29, 1.82) is 0 Å². The number of aliphatic hydroxyl groups excluding tert-OH is 1. The lowest BCUT2D eigenvalue weighted by Gasteiger charge is -2.36. The molecule has 2 aliphatic heterocycles. The molecule has 1 fully saturated rings. The Hall–Kier alpha value is -2.90. The van der Waals surface area contributed by atoms with E-state index in [0.29, 0.717) is 37.7 Å². The van der Waals surface area contributed by atoms with Gasteiger partial charge in [-0.25, -0.2) is 4.79 Å². The van der Waals surface area contributed by atoms with Gasteiger partial charge in [-0.1, -0.05) is 36.9 Å². The van der Waals surface area contributed by atoms with Crippen LogP contribution in [-0.2, 0) is 20.7 Å². The maximum absolute atomic E-state index is 12.8. The first-order valence-electron chi connectivity index (χ1n) is 10.1. The van der Waals surface area contributed by atoms with Crippen molar-refractivity contribution in [2.75, 3.05) is 0 Å². The van der Waals surface area contributed by atoms with Gasteiger partial charge < -0.3 is 25.0 Å². The van der Waals surface area contributed by atoms with E-state index < -0.39 is 18.2 Å². The number of carbonyl (C=O) groups is 2. The van der Waals surface area contributed by atoms with Crippen LogP contribution in [0.1, 0.15) is 41.6 Å². The van der Waals surface area contributed by atoms with E-state index >= 15 is 0 Å². The minimum absolute atomic E-state index is 0.136. The third kappa shape index (κ3) is 5.81. The number of hydrogen-bond donors (Lipinski definition) is 3. The summed E-state index contributed by atoms with van der Waals surface area (Å²) in [5.74, 6) is -1.02. The average molecular weight is 413 g/mol. The zero-order valence-electron chi connectivity index (χ0n) is 16.7. The summed E-state index contributed by atoms with van der Waals surface area (Å²) in [7, 11) is 0. The van der Waals surface area contributed by atoms with Crippen molar-refractivity contribution < 1.29 is 29.3 Å². The monoisotopic (exact) mass is 413 g/mol. The standard InChI is InChI=1S/C23H27NO6/c1-2-3-9-21(27)24-10-5-7-17-14-19-13-16(25)12-18(29-19)11-15-6-4-8-20(26)22(15)23(28)30-17/h2-6,8-10,16-19,25-26H,1,7,11-14H2,(H,24,27)/b9-3-,10-5+/t16-,17+,18+,19-/m1/s1. The molecule has 3 N–H and O–H groups in total. The second-order valence-electron chi connectivity index (χ2n) is 7.53. The maximum Gasteiger partial charge on any atom is 0.342 e. The van der Waals surface area contributed by atoms with Gasteiger partial charge in [-0.05, 0) is 30.9 Å². The Balaban J connectivity index is 1.77. The Bertz CT molecular complexity index is 846. The van der Waals surface area contributed by atoms with E-state index in [-0.39, 0.29) is 29.4 Å². The first kappa shape index (κ1) is 21.8. The molecule has 2 heterocycles. The molecular weight excluding hydrogens is 386 g/mol. The quantitative estimate of drug-likeness (QED) is 0.389. The largest absolute Gasteiger partial charge is 0.507 e. The van der Waals surface area contributed by atoms with Gasteiger partial charge in [-0.3, -0.25) is 4.79 Å². The molecule has 7 heteroatoms. The fourth-order valence-corrected chi connectivity index (χ4v) is 3.87. The molecule has 0 spiro atoms. The van der Waals surface area contributed by atoms with Gasteiger partial charge in [0.2, 0.25) is 5.91 Å². The molecule has 30 heavy (non-hydrogen) atoms. The van der Waals surface area contributed by atoms with Crippen LogP contribution < -0.4 is 5.32 Å². The van der Waals surface area contributed by atoms with Crippen LogP contribution in [0, 0.1) is 0 Å². The lowest BCUT2D eigenvalue weighted by Crippen LogP contribution is -2.40.